The molecule has 32 heavy (non-hydrogen) atoms. The van der Waals surface area contributed by atoms with Gasteiger partial charge < -0.3 is 5.32 Å². The first kappa shape index (κ1) is 21.5. The van der Waals surface area contributed by atoms with Crippen molar-refractivity contribution in [3.05, 3.63) is 116 Å². The molecule has 0 aliphatic rings. The zero-order valence-electron chi connectivity index (χ0n) is 16.9. The lowest BCUT2D eigenvalue weighted by Crippen LogP contribution is -2.42. The molecule has 0 aliphatic heterocycles. The summed E-state index contributed by atoms with van der Waals surface area (Å²) in [5.41, 5.74) is 0.830. The van der Waals surface area contributed by atoms with Crippen molar-refractivity contribution in [2.45, 2.75) is 19.6 Å². The largest absolute Gasteiger partial charge is 0.350 e. The van der Waals surface area contributed by atoms with E-state index in [2.05, 4.69) is 5.32 Å². The Bertz CT molecular complexity index is 1390. The predicted octanol–water partition coefficient (Wildman–Crippen LogP) is 3.32. The number of nitrogens with zero attached hydrogens (tertiary/aromatic N) is 2. The molecule has 8 heteroatoms. The zero-order valence-corrected chi connectivity index (χ0v) is 17.7. The molecule has 0 unspecified atom stereocenters. The minimum atomic E-state index is -0.583. The molecule has 162 valence electrons. The number of halogens is 2. The van der Waals surface area contributed by atoms with Crippen molar-refractivity contribution in [2.24, 2.45) is 0 Å². The number of para-hydroxylation sites is 1. The highest BCUT2D eigenvalue weighted by Gasteiger charge is 2.15. The SMILES string of the molecule is O=C(Cn1c(=O)n(Cc2ccc(Cl)cc2)c(=O)c2ccccc21)NCc1ccc(F)cc1. The number of aromatic nitrogens is 2. The van der Waals surface area contributed by atoms with Gasteiger partial charge in [-0.05, 0) is 47.5 Å². The molecule has 1 amide bonds. The van der Waals surface area contributed by atoms with Crippen LogP contribution < -0.4 is 16.6 Å². The third-order valence-corrected chi connectivity index (χ3v) is 5.34. The first-order valence-corrected chi connectivity index (χ1v) is 10.3. The Hall–Kier alpha value is -3.71. The molecule has 0 radical (unpaired) electrons. The van der Waals surface area contributed by atoms with E-state index >= 15 is 0 Å². The van der Waals surface area contributed by atoms with Gasteiger partial charge in [-0.1, -0.05) is 48.0 Å². The van der Waals surface area contributed by atoms with Crippen molar-refractivity contribution in [3.8, 4) is 0 Å². The van der Waals surface area contributed by atoms with Crippen LogP contribution in [0.15, 0.2) is 82.4 Å². The van der Waals surface area contributed by atoms with E-state index in [0.717, 1.165) is 15.7 Å². The van der Waals surface area contributed by atoms with Gasteiger partial charge in [-0.15, -0.1) is 0 Å². The summed E-state index contributed by atoms with van der Waals surface area (Å²) in [7, 11) is 0. The molecular formula is C24H19ClFN3O3. The van der Waals surface area contributed by atoms with Gasteiger partial charge in [0.15, 0.2) is 0 Å². The van der Waals surface area contributed by atoms with E-state index in [1.807, 2.05) is 0 Å². The molecule has 0 atom stereocenters. The summed E-state index contributed by atoms with van der Waals surface area (Å²) in [5, 5.41) is 3.62. The second kappa shape index (κ2) is 9.20. The average Bonchev–Trinajstić information content (AvgIpc) is 2.80. The Kier molecular flexibility index (Phi) is 6.18. The normalized spacial score (nSPS) is 10.9. The van der Waals surface area contributed by atoms with E-state index in [4.69, 9.17) is 11.6 Å². The van der Waals surface area contributed by atoms with Crippen LogP contribution in [0.5, 0.6) is 0 Å². The molecule has 0 aliphatic carbocycles. The van der Waals surface area contributed by atoms with Crippen molar-refractivity contribution in [3.63, 3.8) is 0 Å². The quantitative estimate of drug-likeness (QED) is 0.489. The Morgan fingerprint density at radius 1 is 0.875 bits per heavy atom. The fourth-order valence-electron chi connectivity index (χ4n) is 3.44. The number of carbonyl (C=O) groups is 1. The van der Waals surface area contributed by atoms with E-state index in [9.17, 15) is 18.8 Å². The van der Waals surface area contributed by atoms with E-state index in [1.54, 1.807) is 60.7 Å². The summed E-state index contributed by atoms with van der Waals surface area (Å²) in [5.74, 6) is -0.765. The predicted molar refractivity (Wildman–Crippen MR) is 121 cm³/mol. The van der Waals surface area contributed by atoms with Gasteiger partial charge in [-0.2, -0.15) is 0 Å². The van der Waals surface area contributed by atoms with Crippen molar-refractivity contribution in [1.29, 1.82) is 0 Å². The molecule has 3 aromatic carbocycles. The number of hydrogen-bond acceptors (Lipinski definition) is 3. The minimum Gasteiger partial charge on any atom is -0.350 e. The molecule has 1 heterocycles. The fraction of sp³-hybridized carbons (Fsp3) is 0.125. The number of carbonyl (C=O) groups excluding carboxylic acids is 1. The molecule has 4 aromatic rings. The summed E-state index contributed by atoms with van der Waals surface area (Å²) in [6, 6.07) is 19.3. The van der Waals surface area contributed by atoms with Crippen molar-refractivity contribution < 1.29 is 9.18 Å². The fourth-order valence-corrected chi connectivity index (χ4v) is 3.56. The van der Waals surface area contributed by atoms with Crippen molar-refractivity contribution in [1.82, 2.24) is 14.5 Å². The van der Waals surface area contributed by atoms with Crippen LogP contribution >= 0.6 is 11.6 Å². The maximum absolute atomic E-state index is 13.2. The van der Waals surface area contributed by atoms with Crippen LogP contribution in [0.2, 0.25) is 5.02 Å². The molecule has 4 rings (SSSR count). The van der Waals surface area contributed by atoms with Gasteiger partial charge in [-0.3, -0.25) is 18.7 Å². The molecule has 1 aromatic heterocycles. The molecule has 6 nitrogen and oxygen atoms in total. The number of amides is 1. The van der Waals surface area contributed by atoms with Crippen molar-refractivity contribution in [2.75, 3.05) is 0 Å². The van der Waals surface area contributed by atoms with Gasteiger partial charge >= 0.3 is 5.69 Å². The Morgan fingerprint density at radius 3 is 2.25 bits per heavy atom. The molecule has 0 bridgehead atoms. The summed E-state index contributed by atoms with van der Waals surface area (Å²) in [6.07, 6.45) is 0. The topological polar surface area (TPSA) is 73.1 Å². The lowest BCUT2D eigenvalue weighted by molar-refractivity contribution is -0.121. The van der Waals surface area contributed by atoms with E-state index in [-0.39, 0.29) is 25.5 Å². The minimum absolute atomic E-state index is 0.0524. The number of nitrogens with one attached hydrogen (secondary N) is 1. The summed E-state index contributed by atoms with van der Waals surface area (Å²) in [6.45, 7) is -0.0193. The maximum Gasteiger partial charge on any atom is 0.332 e. The van der Waals surface area contributed by atoms with Crippen molar-refractivity contribution >= 4 is 28.4 Å². The highest BCUT2D eigenvalue weighted by molar-refractivity contribution is 6.30. The van der Waals surface area contributed by atoms with E-state index < -0.39 is 17.2 Å². The van der Waals surface area contributed by atoms with Gasteiger partial charge in [0.05, 0.1) is 17.4 Å². The summed E-state index contributed by atoms with van der Waals surface area (Å²) >= 11 is 5.92. The number of hydrogen-bond donors (Lipinski definition) is 1. The maximum atomic E-state index is 13.2. The van der Waals surface area contributed by atoms with Crippen LogP contribution in [0.4, 0.5) is 4.39 Å². The van der Waals surface area contributed by atoms with Gasteiger partial charge in [0.2, 0.25) is 5.91 Å². The second-order valence-electron chi connectivity index (χ2n) is 7.31. The third-order valence-electron chi connectivity index (χ3n) is 5.09. The van der Waals surface area contributed by atoms with Crippen LogP contribution in [0, 0.1) is 5.82 Å². The van der Waals surface area contributed by atoms with E-state index in [0.29, 0.717) is 15.9 Å². The smallest absolute Gasteiger partial charge is 0.332 e. The Balaban J connectivity index is 1.66. The van der Waals surface area contributed by atoms with Gasteiger partial charge in [-0.25, -0.2) is 9.18 Å². The first-order chi connectivity index (χ1) is 15.4. The lowest BCUT2D eigenvalue weighted by atomic mass is 10.2. The highest BCUT2D eigenvalue weighted by atomic mass is 35.5. The standard InChI is InChI=1S/C24H19ClFN3O3/c25-18-9-5-17(6-10-18)14-29-23(31)20-3-1-2-4-21(20)28(24(29)32)15-22(30)27-13-16-7-11-19(26)12-8-16/h1-12H,13-15H2,(H,27,30). The molecule has 0 saturated carbocycles. The van der Waals surface area contributed by atoms with Gasteiger partial charge in [0.25, 0.3) is 5.56 Å². The van der Waals surface area contributed by atoms with Crippen LogP contribution in [0.1, 0.15) is 11.1 Å². The average molecular weight is 452 g/mol. The van der Waals surface area contributed by atoms with Crippen LogP contribution in [0.25, 0.3) is 10.9 Å². The number of fused-ring (bicyclic) bond motifs is 1. The van der Waals surface area contributed by atoms with E-state index in [1.165, 1.54) is 16.7 Å². The van der Waals surface area contributed by atoms with Crippen LogP contribution in [-0.2, 0) is 24.4 Å². The summed E-state index contributed by atoms with van der Waals surface area (Å²) in [4.78, 5) is 38.8. The Morgan fingerprint density at radius 2 is 1.53 bits per heavy atom. The van der Waals surface area contributed by atoms with Crippen LogP contribution in [-0.4, -0.2) is 15.0 Å². The van der Waals surface area contributed by atoms with Crippen LogP contribution in [0.3, 0.4) is 0 Å². The third kappa shape index (κ3) is 4.63. The molecule has 0 fully saturated rings. The first-order valence-electron chi connectivity index (χ1n) is 9.90. The monoisotopic (exact) mass is 451 g/mol. The zero-order chi connectivity index (χ0) is 22.7. The number of rotatable bonds is 6. The highest BCUT2D eigenvalue weighted by Crippen LogP contribution is 2.11. The van der Waals surface area contributed by atoms with Gasteiger partial charge in [0.1, 0.15) is 12.4 Å². The lowest BCUT2D eigenvalue weighted by Gasteiger charge is -2.14. The molecule has 1 N–H and O–H groups in total. The molecule has 0 spiro atoms. The molecular weight excluding hydrogens is 433 g/mol. The Labute approximate surface area is 187 Å². The molecule has 0 saturated heterocycles. The number of benzene rings is 3. The second-order valence-corrected chi connectivity index (χ2v) is 7.74. The van der Waals surface area contributed by atoms with Gasteiger partial charge in [0, 0.05) is 11.6 Å². The summed E-state index contributed by atoms with van der Waals surface area (Å²) < 4.78 is 15.4.